The monoisotopic (exact) mass is 462 g/mol. The summed E-state index contributed by atoms with van der Waals surface area (Å²) in [5.74, 6) is -0.901. The maximum Gasteiger partial charge on any atom is 0.255 e. The minimum Gasteiger partial charge on any atom is -0.325 e. The predicted molar refractivity (Wildman–Crippen MR) is 121 cm³/mol. The number of carbonyl (C=O) groups is 2. The van der Waals surface area contributed by atoms with E-state index in [0.717, 1.165) is 4.90 Å². The number of rotatable bonds is 6. The lowest BCUT2D eigenvalue weighted by Gasteiger charge is -2.13. The van der Waals surface area contributed by atoms with Gasteiger partial charge in [0.2, 0.25) is 5.91 Å². The van der Waals surface area contributed by atoms with E-state index in [4.69, 9.17) is 23.2 Å². The number of nitrogens with one attached hydrogen (secondary N) is 2. The van der Waals surface area contributed by atoms with Crippen molar-refractivity contribution in [1.82, 2.24) is 0 Å². The maximum absolute atomic E-state index is 13.0. The second-order valence-electron chi connectivity index (χ2n) is 6.36. The molecule has 0 heterocycles. The van der Waals surface area contributed by atoms with E-state index in [1.165, 1.54) is 36.0 Å². The van der Waals surface area contributed by atoms with E-state index >= 15 is 0 Å². The third-order valence-electron chi connectivity index (χ3n) is 4.09. The number of halogens is 3. The first-order chi connectivity index (χ1) is 14.3. The molecule has 0 bridgehead atoms. The Morgan fingerprint density at radius 3 is 2.13 bits per heavy atom. The highest BCUT2D eigenvalue weighted by atomic mass is 35.5. The summed E-state index contributed by atoms with van der Waals surface area (Å²) in [5.41, 5.74) is 1.53. The van der Waals surface area contributed by atoms with Crippen molar-refractivity contribution in [2.75, 3.05) is 10.6 Å². The topological polar surface area (TPSA) is 58.2 Å². The minimum absolute atomic E-state index is 0.174. The van der Waals surface area contributed by atoms with Crippen LogP contribution in [0.5, 0.6) is 0 Å². The molecule has 1 unspecified atom stereocenters. The van der Waals surface area contributed by atoms with Crippen LogP contribution in [-0.4, -0.2) is 17.1 Å². The van der Waals surface area contributed by atoms with E-state index in [-0.39, 0.29) is 17.1 Å². The molecule has 0 spiro atoms. The van der Waals surface area contributed by atoms with E-state index in [1.54, 1.807) is 37.3 Å². The summed E-state index contributed by atoms with van der Waals surface area (Å²) in [4.78, 5) is 25.5. The van der Waals surface area contributed by atoms with Crippen LogP contribution in [-0.2, 0) is 4.79 Å². The lowest BCUT2D eigenvalue weighted by molar-refractivity contribution is -0.115. The molecular weight excluding hydrogens is 446 g/mol. The van der Waals surface area contributed by atoms with Gasteiger partial charge >= 0.3 is 0 Å². The van der Waals surface area contributed by atoms with Crippen molar-refractivity contribution in [3.8, 4) is 0 Å². The fourth-order valence-corrected chi connectivity index (χ4v) is 3.66. The van der Waals surface area contributed by atoms with Crippen LogP contribution < -0.4 is 10.6 Å². The van der Waals surface area contributed by atoms with Crippen molar-refractivity contribution in [3.05, 3.63) is 88.2 Å². The molecule has 3 aromatic rings. The average molecular weight is 463 g/mol. The summed E-state index contributed by atoms with van der Waals surface area (Å²) in [6, 6.07) is 17.3. The Kier molecular flexibility index (Phi) is 7.37. The van der Waals surface area contributed by atoms with Crippen LogP contribution in [0, 0.1) is 5.82 Å². The SMILES string of the molecule is CC(Sc1ccc(NC(=O)c2ccc(F)cc2)cc1)C(=O)Nc1ccc(Cl)c(Cl)c1. The smallest absolute Gasteiger partial charge is 0.255 e. The van der Waals surface area contributed by atoms with E-state index in [1.807, 2.05) is 12.1 Å². The number of anilines is 2. The average Bonchev–Trinajstić information content (AvgIpc) is 2.72. The minimum atomic E-state index is -0.398. The van der Waals surface area contributed by atoms with Gasteiger partial charge in [0.25, 0.3) is 5.91 Å². The van der Waals surface area contributed by atoms with Gasteiger partial charge in [-0.25, -0.2) is 4.39 Å². The third-order valence-corrected chi connectivity index (χ3v) is 5.94. The molecule has 0 aromatic heterocycles. The standard InChI is InChI=1S/C22H17Cl2FN2O2S/c1-13(21(28)27-17-8-11-19(23)20(24)12-17)30-18-9-6-16(7-10-18)26-22(29)14-2-4-15(25)5-3-14/h2-13H,1H3,(H,26,29)(H,27,28). The highest BCUT2D eigenvalue weighted by Crippen LogP contribution is 2.28. The van der Waals surface area contributed by atoms with Gasteiger partial charge in [-0.15, -0.1) is 11.8 Å². The first-order valence-electron chi connectivity index (χ1n) is 8.91. The molecule has 0 aliphatic heterocycles. The highest BCUT2D eigenvalue weighted by molar-refractivity contribution is 8.00. The fraction of sp³-hybridized carbons (Fsp3) is 0.0909. The van der Waals surface area contributed by atoms with E-state index in [0.29, 0.717) is 27.0 Å². The Bertz CT molecular complexity index is 1060. The third kappa shape index (κ3) is 5.98. The normalized spacial score (nSPS) is 11.6. The number of carbonyl (C=O) groups excluding carboxylic acids is 2. The molecule has 154 valence electrons. The number of benzene rings is 3. The van der Waals surface area contributed by atoms with Gasteiger partial charge in [-0.3, -0.25) is 9.59 Å². The molecule has 2 amide bonds. The Morgan fingerprint density at radius 2 is 1.50 bits per heavy atom. The predicted octanol–water partition coefficient (Wildman–Crippen LogP) is 6.50. The Balaban J connectivity index is 1.56. The zero-order valence-electron chi connectivity index (χ0n) is 15.8. The van der Waals surface area contributed by atoms with Gasteiger partial charge < -0.3 is 10.6 Å². The molecule has 0 saturated heterocycles. The molecule has 0 radical (unpaired) electrons. The molecule has 0 saturated carbocycles. The molecule has 30 heavy (non-hydrogen) atoms. The van der Waals surface area contributed by atoms with Gasteiger partial charge in [0, 0.05) is 21.8 Å². The van der Waals surface area contributed by atoms with Gasteiger partial charge in [0.1, 0.15) is 5.82 Å². The molecule has 4 nitrogen and oxygen atoms in total. The van der Waals surface area contributed by atoms with Gasteiger partial charge in [0.15, 0.2) is 0 Å². The number of hydrogen-bond donors (Lipinski definition) is 2. The molecule has 0 aliphatic rings. The maximum atomic E-state index is 13.0. The van der Waals surface area contributed by atoms with Gasteiger partial charge in [-0.1, -0.05) is 23.2 Å². The number of hydrogen-bond acceptors (Lipinski definition) is 3. The highest BCUT2D eigenvalue weighted by Gasteiger charge is 2.15. The van der Waals surface area contributed by atoms with Crippen LogP contribution >= 0.6 is 35.0 Å². The van der Waals surface area contributed by atoms with Crippen LogP contribution in [0.25, 0.3) is 0 Å². The summed E-state index contributed by atoms with van der Waals surface area (Å²) in [5, 5.41) is 5.98. The molecule has 1 atom stereocenters. The van der Waals surface area contributed by atoms with Crippen LogP contribution in [0.4, 0.5) is 15.8 Å². The summed E-state index contributed by atoms with van der Waals surface area (Å²) in [6.07, 6.45) is 0. The zero-order chi connectivity index (χ0) is 21.7. The summed E-state index contributed by atoms with van der Waals surface area (Å²) in [6.45, 7) is 1.79. The number of amides is 2. The van der Waals surface area contributed by atoms with Crippen molar-refractivity contribution in [3.63, 3.8) is 0 Å². The van der Waals surface area contributed by atoms with Crippen molar-refractivity contribution < 1.29 is 14.0 Å². The summed E-state index contributed by atoms with van der Waals surface area (Å²) in [7, 11) is 0. The van der Waals surface area contributed by atoms with Gasteiger partial charge in [-0.05, 0) is 73.7 Å². The van der Waals surface area contributed by atoms with Crippen molar-refractivity contribution in [2.24, 2.45) is 0 Å². The quantitative estimate of drug-likeness (QED) is 0.410. The molecule has 8 heteroatoms. The van der Waals surface area contributed by atoms with Crippen LogP contribution in [0.2, 0.25) is 10.0 Å². The van der Waals surface area contributed by atoms with Crippen molar-refractivity contribution in [2.45, 2.75) is 17.1 Å². The molecule has 0 fully saturated rings. The van der Waals surface area contributed by atoms with Gasteiger partial charge in [0.05, 0.1) is 15.3 Å². The van der Waals surface area contributed by atoms with E-state index in [9.17, 15) is 14.0 Å². The molecule has 2 N–H and O–H groups in total. The Morgan fingerprint density at radius 1 is 0.867 bits per heavy atom. The second kappa shape index (κ2) is 9.98. The first kappa shape index (κ1) is 22.2. The summed E-state index contributed by atoms with van der Waals surface area (Å²) < 4.78 is 13.0. The fourth-order valence-electron chi connectivity index (χ4n) is 2.50. The lowest BCUT2D eigenvalue weighted by Crippen LogP contribution is -2.22. The molecule has 3 aromatic carbocycles. The Hall–Kier alpha value is -2.54. The van der Waals surface area contributed by atoms with Crippen LogP contribution in [0.15, 0.2) is 71.6 Å². The van der Waals surface area contributed by atoms with Gasteiger partial charge in [-0.2, -0.15) is 0 Å². The molecular formula is C22H17Cl2FN2O2S. The summed E-state index contributed by atoms with van der Waals surface area (Å²) >= 11 is 13.2. The van der Waals surface area contributed by atoms with Crippen LogP contribution in [0.1, 0.15) is 17.3 Å². The zero-order valence-corrected chi connectivity index (χ0v) is 18.1. The first-order valence-corrected chi connectivity index (χ1v) is 10.5. The Labute approximate surface area is 187 Å². The largest absolute Gasteiger partial charge is 0.325 e. The van der Waals surface area contributed by atoms with E-state index in [2.05, 4.69) is 10.6 Å². The molecule has 3 rings (SSSR count). The lowest BCUT2D eigenvalue weighted by atomic mass is 10.2. The number of thioether (sulfide) groups is 1. The molecule has 0 aliphatic carbocycles. The van der Waals surface area contributed by atoms with Crippen LogP contribution in [0.3, 0.4) is 0 Å². The van der Waals surface area contributed by atoms with E-state index < -0.39 is 5.82 Å². The van der Waals surface area contributed by atoms with Crippen molar-refractivity contribution in [1.29, 1.82) is 0 Å². The second-order valence-corrected chi connectivity index (χ2v) is 8.59. The van der Waals surface area contributed by atoms with Crippen molar-refractivity contribution >= 4 is 58.2 Å².